The molecule has 0 saturated heterocycles. The molecule has 0 heterocycles. The maximum absolute atomic E-state index is 10.8. The van der Waals surface area contributed by atoms with Crippen molar-refractivity contribution in [3.05, 3.63) is 22.6 Å². The Morgan fingerprint density at radius 3 is 2.92 bits per heavy atom. The number of hydrogen-bond donors (Lipinski definition) is 1. The number of methoxy groups -OCH3 is 1. The van der Waals surface area contributed by atoms with E-state index in [2.05, 4.69) is 0 Å². The van der Waals surface area contributed by atoms with Gasteiger partial charge in [-0.25, -0.2) is 4.21 Å². The van der Waals surface area contributed by atoms with Crippen molar-refractivity contribution in [1.82, 2.24) is 0 Å². The molecule has 0 bridgehead atoms. The number of allylic oxidation sites excluding steroid dienone is 2. The molecule has 0 aromatic heterocycles. The Balaban J connectivity index is 2.88. The fraction of sp³-hybridized carbons (Fsp3) is 0.500. The standard InChI is InChI=1S/C8H12O3S/c1-6-3-4-7(11-2)8(5-6)12(9)10/h3,5,7H,4H2,1-2H3,(H,9,10). The van der Waals surface area contributed by atoms with E-state index in [1.54, 1.807) is 13.2 Å². The number of rotatable bonds is 2. The summed E-state index contributed by atoms with van der Waals surface area (Å²) < 4.78 is 24.7. The molecule has 3 nitrogen and oxygen atoms in total. The van der Waals surface area contributed by atoms with Crippen LogP contribution in [0.3, 0.4) is 0 Å². The molecule has 0 fully saturated rings. The van der Waals surface area contributed by atoms with Gasteiger partial charge in [0.25, 0.3) is 0 Å². The molecule has 1 aliphatic rings. The van der Waals surface area contributed by atoms with Crippen LogP contribution < -0.4 is 0 Å². The number of hydrogen-bond acceptors (Lipinski definition) is 2. The van der Waals surface area contributed by atoms with Crippen molar-refractivity contribution in [3.8, 4) is 0 Å². The largest absolute Gasteiger partial charge is 0.376 e. The predicted octanol–water partition coefficient (Wildman–Crippen LogP) is 1.46. The molecule has 68 valence electrons. The van der Waals surface area contributed by atoms with E-state index in [0.29, 0.717) is 11.3 Å². The lowest BCUT2D eigenvalue weighted by Crippen LogP contribution is -2.18. The van der Waals surface area contributed by atoms with Crippen LogP contribution in [0, 0.1) is 0 Å². The van der Waals surface area contributed by atoms with Crippen LogP contribution in [0.1, 0.15) is 13.3 Å². The summed E-state index contributed by atoms with van der Waals surface area (Å²) in [6.45, 7) is 1.90. The van der Waals surface area contributed by atoms with E-state index in [1.807, 2.05) is 13.0 Å². The van der Waals surface area contributed by atoms with E-state index in [1.165, 1.54) is 0 Å². The van der Waals surface area contributed by atoms with Crippen molar-refractivity contribution in [2.24, 2.45) is 0 Å². The topological polar surface area (TPSA) is 46.5 Å². The first-order valence-electron chi connectivity index (χ1n) is 3.67. The van der Waals surface area contributed by atoms with Crippen molar-refractivity contribution < 1.29 is 13.5 Å². The summed E-state index contributed by atoms with van der Waals surface area (Å²) >= 11 is -1.91. The third-order valence-electron chi connectivity index (χ3n) is 1.83. The maximum atomic E-state index is 10.8. The Labute approximate surface area is 74.4 Å². The molecule has 0 amide bonds. The van der Waals surface area contributed by atoms with Crippen molar-refractivity contribution in [1.29, 1.82) is 0 Å². The smallest absolute Gasteiger partial charge is 0.185 e. The van der Waals surface area contributed by atoms with Crippen LogP contribution in [0.25, 0.3) is 0 Å². The highest BCUT2D eigenvalue weighted by molar-refractivity contribution is 7.83. The van der Waals surface area contributed by atoms with Gasteiger partial charge in [-0.1, -0.05) is 11.6 Å². The lowest BCUT2D eigenvalue weighted by atomic mass is 10.1. The van der Waals surface area contributed by atoms with Gasteiger partial charge in [-0.2, -0.15) is 0 Å². The first kappa shape index (κ1) is 9.64. The molecule has 0 spiro atoms. The average molecular weight is 188 g/mol. The zero-order valence-electron chi connectivity index (χ0n) is 7.11. The molecular weight excluding hydrogens is 176 g/mol. The van der Waals surface area contributed by atoms with Crippen molar-refractivity contribution >= 4 is 11.1 Å². The van der Waals surface area contributed by atoms with Crippen LogP contribution in [-0.2, 0) is 15.8 Å². The van der Waals surface area contributed by atoms with Crippen molar-refractivity contribution in [2.45, 2.75) is 19.4 Å². The molecule has 4 heteroatoms. The summed E-state index contributed by atoms with van der Waals surface area (Å²) in [5.74, 6) is 0. The van der Waals surface area contributed by atoms with E-state index in [-0.39, 0.29) is 6.10 Å². The van der Waals surface area contributed by atoms with Gasteiger partial charge < -0.3 is 9.29 Å². The minimum atomic E-state index is -1.91. The number of ether oxygens (including phenoxy) is 1. The fourth-order valence-electron chi connectivity index (χ4n) is 1.16. The van der Waals surface area contributed by atoms with Crippen LogP contribution in [0.4, 0.5) is 0 Å². The highest BCUT2D eigenvalue weighted by atomic mass is 32.2. The first-order valence-corrected chi connectivity index (χ1v) is 4.78. The minimum absolute atomic E-state index is 0.237. The lowest BCUT2D eigenvalue weighted by Gasteiger charge is -2.18. The SMILES string of the molecule is COC1CC=C(C)C=C1S(=O)O. The zero-order chi connectivity index (χ0) is 9.14. The summed E-state index contributed by atoms with van der Waals surface area (Å²) in [5.41, 5.74) is 1.01. The van der Waals surface area contributed by atoms with E-state index >= 15 is 0 Å². The second kappa shape index (κ2) is 3.98. The molecule has 0 aliphatic heterocycles. The monoisotopic (exact) mass is 188 g/mol. The Morgan fingerprint density at radius 2 is 2.42 bits per heavy atom. The van der Waals surface area contributed by atoms with E-state index in [9.17, 15) is 4.21 Å². The molecule has 0 saturated carbocycles. The molecule has 1 rings (SSSR count). The summed E-state index contributed by atoms with van der Waals surface area (Å²) in [4.78, 5) is 0.456. The van der Waals surface area contributed by atoms with Crippen molar-refractivity contribution in [3.63, 3.8) is 0 Å². The van der Waals surface area contributed by atoms with E-state index in [4.69, 9.17) is 9.29 Å². The van der Waals surface area contributed by atoms with Gasteiger partial charge >= 0.3 is 0 Å². The fourth-order valence-corrected chi connectivity index (χ4v) is 1.86. The normalized spacial score (nSPS) is 26.1. The van der Waals surface area contributed by atoms with Crippen molar-refractivity contribution in [2.75, 3.05) is 7.11 Å². The van der Waals surface area contributed by atoms with Gasteiger partial charge in [0.15, 0.2) is 11.1 Å². The molecule has 2 unspecified atom stereocenters. The molecule has 12 heavy (non-hydrogen) atoms. The van der Waals surface area contributed by atoms with Crippen LogP contribution >= 0.6 is 0 Å². The molecule has 0 aromatic carbocycles. The van der Waals surface area contributed by atoms with Crippen LogP contribution in [0.5, 0.6) is 0 Å². The van der Waals surface area contributed by atoms with E-state index in [0.717, 1.165) is 5.57 Å². The third kappa shape index (κ3) is 2.03. The average Bonchev–Trinajstić information content (AvgIpc) is 2.04. The maximum Gasteiger partial charge on any atom is 0.185 e. The second-order valence-electron chi connectivity index (χ2n) is 2.70. The molecule has 1 N–H and O–H groups in total. The minimum Gasteiger partial charge on any atom is -0.376 e. The highest BCUT2D eigenvalue weighted by Crippen LogP contribution is 2.21. The van der Waals surface area contributed by atoms with Gasteiger partial charge in [-0.3, -0.25) is 0 Å². The second-order valence-corrected chi connectivity index (χ2v) is 3.67. The van der Waals surface area contributed by atoms with Crippen LogP contribution in [0.2, 0.25) is 0 Å². The van der Waals surface area contributed by atoms with Crippen LogP contribution in [0.15, 0.2) is 22.6 Å². The summed E-state index contributed by atoms with van der Waals surface area (Å²) in [5, 5.41) is 0. The van der Waals surface area contributed by atoms with Gasteiger partial charge in [-0.05, 0) is 19.4 Å². The Morgan fingerprint density at radius 1 is 1.75 bits per heavy atom. The summed E-state index contributed by atoms with van der Waals surface area (Å²) in [7, 11) is 1.54. The zero-order valence-corrected chi connectivity index (χ0v) is 7.93. The van der Waals surface area contributed by atoms with Gasteiger partial charge in [0.05, 0.1) is 11.0 Å². The van der Waals surface area contributed by atoms with E-state index < -0.39 is 11.1 Å². The third-order valence-corrected chi connectivity index (χ3v) is 2.61. The Bertz CT molecular complexity index is 255. The Kier molecular flexibility index (Phi) is 3.20. The van der Waals surface area contributed by atoms with Gasteiger partial charge in [-0.15, -0.1) is 0 Å². The van der Waals surface area contributed by atoms with Gasteiger partial charge in [0, 0.05) is 7.11 Å². The lowest BCUT2D eigenvalue weighted by molar-refractivity contribution is 0.138. The quantitative estimate of drug-likeness (QED) is 0.667. The highest BCUT2D eigenvalue weighted by Gasteiger charge is 2.20. The molecular formula is C8H12O3S. The molecule has 0 aromatic rings. The van der Waals surface area contributed by atoms with Gasteiger partial charge in [0.2, 0.25) is 0 Å². The van der Waals surface area contributed by atoms with Crippen LogP contribution in [-0.4, -0.2) is 22.0 Å². The first-order chi connectivity index (χ1) is 5.65. The molecule has 1 aliphatic carbocycles. The summed E-state index contributed by atoms with van der Waals surface area (Å²) in [6, 6.07) is 0. The van der Waals surface area contributed by atoms with Gasteiger partial charge in [0.1, 0.15) is 0 Å². The predicted molar refractivity (Wildman–Crippen MR) is 48.0 cm³/mol. The summed E-state index contributed by atoms with van der Waals surface area (Å²) in [6.07, 6.45) is 4.14. The molecule has 2 atom stereocenters. The molecule has 0 radical (unpaired) electrons. The Hall–Kier alpha value is -0.450.